The minimum atomic E-state index is 1.17. The Balaban J connectivity index is 0. The van der Waals surface area contributed by atoms with Gasteiger partial charge in [-0.1, -0.05) is 33.6 Å². The van der Waals surface area contributed by atoms with Crippen molar-refractivity contribution in [2.75, 3.05) is 40.8 Å². The molecule has 0 rings (SSSR count). The van der Waals surface area contributed by atoms with Gasteiger partial charge in [0.05, 0.1) is 0 Å². The van der Waals surface area contributed by atoms with E-state index in [4.69, 9.17) is 0 Å². The van der Waals surface area contributed by atoms with Gasteiger partial charge in [0.25, 0.3) is 0 Å². The van der Waals surface area contributed by atoms with Gasteiger partial charge in [-0.3, -0.25) is 0 Å². The maximum Gasteiger partial charge on any atom is 0.0106 e. The molecule has 0 radical (unpaired) electrons. The zero-order chi connectivity index (χ0) is 11.4. The van der Waals surface area contributed by atoms with Crippen LogP contribution < -0.4 is 0 Å². The smallest absolute Gasteiger partial charge is 0.0106 e. The molecule has 0 atom stereocenters. The van der Waals surface area contributed by atoms with Crippen LogP contribution >= 0.6 is 0 Å². The van der Waals surface area contributed by atoms with Crippen molar-refractivity contribution in [3.8, 4) is 0 Å². The standard InChI is InChI=1S/C10H24N2.C2H6/c1-5-6-7-8-12(4)10-9-11(2)3;1-2/h5-10H2,1-4H3;1-2H3. The first-order valence-electron chi connectivity index (χ1n) is 6.00. The van der Waals surface area contributed by atoms with Crippen molar-refractivity contribution in [2.45, 2.75) is 40.0 Å². The fraction of sp³-hybridized carbons (Fsp3) is 1.00. The lowest BCUT2D eigenvalue weighted by Gasteiger charge is -2.18. The number of hydrogen-bond acceptors (Lipinski definition) is 2. The summed E-state index contributed by atoms with van der Waals surface area (Å²) in [5, 5.41) is 0. The van der Waals surface area contributed by atoms with Gasteiger partial charge in [-0.2, -0.15) is 0 Å². The number of rotatable bonds is 7. The molecule has 0 aliphatic heterocycles. The highest BCUT2D eigenvalue weighted by atomic mass is 15.1. The van der Waals surface area contributed by atoms with E-state index in [0.29, 0.717) is 0 Å². The van der Waals surface area contributed by atoms with E-state index in [1.165, 1.54) is 38.9 Å². The largest absolute Gasteiger partial charge is 0.308 e. The molecule has 0 N–H and O–H groups in total. The summed E-state index contributed by atoms with van der Waals surface area (Å²) < 4.78 is 0. The van der Waals surface area contributed by atoms with Crippen LogP contribution in [-0.2, 0) is 0 Å². The summed E-state index contributed by atoms with van der Waals surface area (Å²) in [6, 6.07) is 0. The molecule has 0 aromatic rings. The lowest BCUT2D eigenvalue weighted by Crippen LogP contribution is -2.29. The van der Waals surface area contributed by atoms with Crippen LogP contribution in [0.1, 0.15) is 40.0 Å². The van der Waals surface area contributed by atoms with Crippen LogP contribution in [0.4, 0.5) is 0 Å². The number of unbranched alkanes of at least 4 members (excludes halogenated alkanes) is 2. The van der Waals surface area contributed by atoms with Crippen molar-refractivity contribution in [2.24, 2.45) is 0 Å². The molecular weight excluding hydrogens is 172 g/mol. The maximum atomic E-state index is 2.41. The van der Waals surface area contributed by atoms with E-state index in [-0.39, 0.29) is 0 Å². The van der Waals surface area contributed by atoms with Gasteiger partial charge in [-0.05, 0) is 34.1 Å². The second-order valence-electron chi connectivity index (χ2n) is 3.81. The van der Waals surface area contributed by atoms with Gasteiger partial charge in [0, 0.05) is 13.1 Å². The molecule has 0 unspecified atom stereocenters. The average Bonchev–Trinajstić information content (AvgIpc) is 2.18. The molecule has 0 aromatic heterocycles. The molecule has 2 heteroatoms. The van der Waals surface area contributed by atoms with Crippen LogP contribution in [0.5, 0.6) is 0 Å². The van der Waals surface area contributed by atoms with Crippen LogP contribution in [0.3, 0.4) is 0 Å². The van der Waals surface area contributed by atoms with Crippen LogP contribution in [0, 0.1) is 0 Å². The van der Waals surface area contributed by atoms with Crippen LogP contribution in [0.15, 0.2) is 0 Å². The van der Waals surface area contributed by atoms with Crippen LogP contribution in [-0.4, -0.2) is 50.6 Å². The second-order valence-corrected chi connectivity index (χ2v) is 3.81. The normalized spacial score (nSPS) is 10.3. The molecule has 0 aromatic carbocycles. The van der Waals surface area contributed by atoms with Gasteiger partial charge in [-0.25, -0.2) is 0 Å². The zero-order valence-corrected chi connectivity index (χ0v) is 11.1. The Bertz CT molecular complexity index is 92.3. The minimum Gasteiger partial charge on any atom is -0.308 e. The topological polar surface area (TPSA) is 6.48 Å². The van der Waals surface area contributed by atoms with Gasteiger partial charge in [0.2, 0.25) is 0 Å². The molecule has 0 aliphatic rings. The molecule has 0 heterocycles. The predicted molar refractivity (Wildman–Crippen MR) is 66.9 cm³/mol. The highest BCUT2D eigenvalue weighted by Gasteiger charge is 1.97. The van der Waals surface area contributed by atoms with Crippen molar-refractivity contribution in [3.63, 3.8) is 0 Å². The summed E-state index contributed by atoms with van der Waals surface area (Å²) >= 11 is 0. The molecule has 0 spiro atoms. The van der Waals surface area contributed by atoms with Crippen molar-refractivity contribution in [1.29, 1.82) is 0 Å². The zero-order valence-electron chi connectivity index (χ0n) is 11.1. The Hall–Kier alpha value is -0.0800. The van der Waals surface area contributed by atoms with Crippen molar-refractivity contribution < 1.29 is 0 Å². The molecule has 0 fully saturated rings. The summed E-state index contributed by atoms with van der Waals surface area (Å²) in [5.41, 5.74) is 0. The summed E-state index contributed by atoms with van der Waals surface area (Å²) in [6.45, 7) is 9.86. The lowest BCUT2D eigenvalue weighted by atomic mass is 10.2. The van der Waals surface area contributed by atoms with E-state index in [1.807, 2.05) is 13.8 Å². The fourth-order valence-electron chi connectivity index (χ4n) is 1.11. The fourth-order valence-corrected chi connectivity index (χ4v) is 1.11. The Morgan fingerprint density at radius 3 is 1.79 bits per heavy atom. The van der Waals surface area contributed by atoms with Gasteiger partial charge in [0.15, 0.2) is 0 Å². The third-order valence-corrected chi connectivity index (χ3v) is 2.07. The maximum absolute atomic E-state index is 2.41. The first-order chi connectivity index (χ1) is 6.66. The van der Waals surface area contributed by atoms with E-state index in [0.717, 1.165) is 0 Å². The summed E-state index contributed by atoms with van der Waals surface area (Å²) in [6.07, 6.45) is 4.04. The van der Waals surface area contributed by atoms with Crippen molar-refractivity contribution in [1.82, 2.24) is 9.80 Å². The van der Waals surface area contributed by atoms with Gasteiger partial charge >= 0.3 is 0 Å². The molecule has 2 nitrogen and oxygen atoms in total. The molecule has 88 valence electrons. The second kappa shape index (κ2) is 12.9. The Morgan fingerprint density at radius 1 is 0.786 bits per heavy atom. The molecule has 0 saturated carbocycles. The Kier molecular flexibility index (Phi) is 15.1. The highest BCUT2D eigenvalue weighted by Crippen LogP contribution is 1.95. The van der Waals surface area contributed by atoms with Gasteiger partial charge in [0.1, 0.15) is 0 Å². The Morgan fingerprint density at radius 2 is 1.36 bits per heavy atom. The molecule has 0 aliphatic carbocycles. The minimum absolute atomic E-state index is 1.17. The van der Waals surface area contributed by atoms with Crippen LogP contribution in [0.25, 0.3) is 0 Å². The van der Waals surface area contributed by atoms with Gasteiger partial charge < -0.3 is 9.80 Å². The first-order valence-corrected chi connectivity index (χ1v) is 6.00. The molecular formula is C12H30N2. The molecule has 0 bridgehead atoms. The van der Waals surface area contributed by atoms with E-state index >= 15 is 0 Å². The van der Waals surface area contributed by atoms with E-state index in [9.17, 15) is 0 Å². The highest BCUT2D eigenvalue weighted by molar-refractivity contribution is 4.53. The van der Waals surface area contributed by atoms with E-state index < -0.39 is 0 Å². The monoisotopic (exact) mass is 202 g/mol. The number of likely N-dealkylation sites (N-methyl/N-ethyl adjacent to an activating group) is 2. The van der Waals surface area contributed by atoms with Crippen molar-refractivity contribution >= 4 is 0 Å². The third-order valence-electron chi connectivity index (χ3n) is 2.07. The first kappa shape index (κ1) is 16.4. The Labute approximate surface area is 91.3 Å². The van der Waals surface area contributed by atoms with E-state index in [2.05, 4.69) is 37.9 Å². The van der Waals surface area contributed by atoms with Gasteiger partial charge in [-0.15, -0.1) is 0 Å². The number of hydrogen-bond donors (Lipinski definition) is 0. The third kappa shape index (κ3) is 14.4. The summed E-state index contributed by atoms with van der Waals surface area (Å²) in [4.78, 5) is 4.64. The average molecular weight is 202 g/mol. The predicted octanol–water partition coefficient (Wildman–Crippen LogP) is 2.70. The summed E-state index contributed by atoms with van der Waals surface area (Å²) in [7, 11) is 6.46. The quantitative estimate of drug-likeness (QED) is 0.586. The summed E-state index contributed by atoms with van der Waals surface area (Å²) in [5.74, 6) is 0. The SMILES string of the molecule is CC.CCCCCN(C)CCN(C)C. The van der Waals surface area contributed by atoms with E-state index in [1.54, 1.807) is 0 Å². The molecule has 0 saturated heterocycles. The van der Waals surface area contributed by atoms with Crippen LogP contribution in [0.2, 0.25) is 0 Å². The molecule has 14 heavy (non-hydrogen) atoms. The van der Waals surface area contributed by atoms with Crippen molar-refractivity contribution in [3.05, 3.63) is 0 Å². The lowest BCUT2D eigenvalue weighted by molar-refractivity contribution is 0.277. The molecule has 0 amide bonds. The number of nitrogens with zero attached hydrogens (tertiary/aromatic N) is 2.